The van der Waals surface area contributed by atoms with Crippen LogP contribution in [0, 0.1) is 6.92 Å². The number of nitrogens with one attached hydrogen (secondary N) is 2. The van der Waals surface area contributed by atoms with E-state index in [0.29, 0.717) is 6.54 Å². The molecule has 0 aliphatic rings. The van der Waals surface area contributed by atoms with E-state index in [1.807, 2.05) is 19.1 Å². The fourth-order valence-corrected chi connectivity index (χ4v) is 3.00. The number of nitrogens with zero attached hydrogens (tertiary/aromatic N) is 1. The molecule has 0 fully saturated rings. The van der Waals surface area contributed by atoms with Crippen LogP contribution in [-0.2, 0) is 17.7 Å². The normalized spacial score (nSPS) is 11.2. The molecule has 0 saturated carbocycles. The third-order valence-corrected chi connectivity index (χ3v) is 4.38. The van der Waals surface area contributed by atoms with Gasteiger partial charge in [-0.1, -0.05) is 0 Å². The van der Waals surface area contributed by atoms with E-state index >= 15 is 0 Å². The number of hydrogen-bond acceptors (Lipinski definition) is 4. The Labute approximate surface area is 171 Å². The average Bonchev–Trinajstić information content (AvgIpc) is 3.23. The highest BCUT2D eigenvalue weighted by Gasteiger charge is 2.02. The Morgan fingerprint density at radius 3 is 2.76 bits per heavy atom. The van der Waals surface area contributed by atoms with E-state index in [1.165, 1.54) is 9.75 Å². The quantitative estimate of drug-likeness (QED) is 0.235. The Hall–Kier alpha value is -1.06. The lowest BCUT2D eigenvalue weighted by Crippen LogP contribution is -2.39. The van der Waals surface area contributed by atoms with E-state index in [1.54, 1.807) is 17.6 Å². The molecule has 2 rings (SSSR count). The summed E-state index contributed by atoms with van der Waals surface area (Å²) in [5.41, 5.74) is 0. The van der Waals surface area contributed by atoms with Crippen molar-refractivity contribution in [2.75, 3.05) is 26.3 Å². The molecule has 2 heterocycles. The van der Waals surface area contributed by atoms with Gasteiger partial charge in [0.15, 0.2) is 5.96 Å². The molecule has 0 saturated heterocycles. The monoisotopic (exact) mass is 477 g/mol. The lowest BCUT2D eigenvalue weighted by atomic mass is 10.3. The molecule has 2 aromatic heterocycles. The van der Waals surface area contributed by atoms with Crippen LogP contribution in [0.2, 0.25) is 0 Å². The lowest BCUT2D eigenvalue weighted by Gasteiger charge is -2.12. The molecule has 0 aliphatic carbocycles. The molecule has 0 amide bonds. The number of aryl methyl sites for hydroxylation is 1. The smallest absolute Gasteiger partial charge is 0.191 e. The van der Waals surface area contributed by atoms with Gasteiger partial charge in [-0.05, 0) is 44.5 Å². The molecule has 140 valence electrons. The summed E-state index contributed by atoms with van der Waals surface area (Å²) < 4.78 is 10.7. The third kappa shape index (κ3) is 9.27. The van der Waals surface area contributed by atoms with Gasteiger partial charge in [-0.15, -0.1) is 35.3 Å². The Morgan fingerprint density at radius 1 is 1.24 bits per heavy atom. The van der Waals surface area contributed by atoms with Gasteiger partial charge in [-0.2, -0.15) is 0 Å². The summed E-state index contributed by atoms with van der Waals surface area (Å²) in [4.78, 5) is 7.27. The van der Waals surface area contributed by atoms with Crippen molar-refractivity contribution in [2.24, 2.45) is 4.99 Å². The average molecular weight is 477 g/mol. The molecular formula is C18H28IN3O2S. The summed E-state index contributed by atoms with van der Waals surface area (Å²) in [5.74, 6) is 1.82. The highest BCUT2D eigenvalue weighted by atomic mass is 127. The van der Waals surface area contributed by atoms with Gasteiger partial charge in [0.05, 0.1) is 12.8 Å². The molecule has 2 N–H and O–H groups in total. The largest absolute Gasteiger partial charge is 0.469 e. The molecule has 2 aromatic rings. The molecule has 0 aliphatic heterocycles. The maximum absolute atomic E-state index is 5.37. The van der Waals surface area contributed by atoms with Gasteiger partial charge >= 0.3 is 0 Å². The molecule has 0 atom stereocenters. The Morgan fingerprint density at radius 2 is 2.08 bits per heavy atom. The van der Waals surface area contributed by atoms with Crippen LogP contribution in [-0.4, -0.2) is 32.3 Å². The number of aliphatic imine (C=N–C) groups is 1. The van der Waals surface area contributed by atoms with E-state index < -0.39 is 0 Å². The third-order valence-electron chi connectivity index (χ3n) is 3.39. The first-order valence-electron chi connectivity index (χ1n) is 8.45. The summed E-state index contributed by atoms with van der Waals surface area (Å²) in [5, 5.41) is 6.74. The number of rotatable bonds is 10. The van der Waals surface area contributed by atoms with Crippen LogP contribution < -0.4 is 10.6 Å². The lowest BCUT2D eigenvalue weighted by molar-refractivity contribution is 0.145. The standard InChI is InChI=1S/C18H27N3O2S.HI/c1-3-22-12-5-10-19-18(20-11-9-16-6-4-13-23-16)21-14-17-8-7-15(2)24-17;/h4,6-8,13H,3,5,9-12,14H2,1-2H3,(H2,19,20,21);1H. The highest BCUT2D eigenvalue weighted by Crippen LogP contribution is 2.15. The van der Waals surface area contributed by atoms with Crippen LogP contribution in [0.4, 0.5) is 0 Å². The Balaban J connectivity index is 0.00000312. The second-order valence-electron chi connectivity index (χ2n) is 5.41. The molecule has 0 bridgehead atoms. The van der Waals surface area contributed by atoms with Crippen LogP contribution in [0.15, 0.2) is 39.9 Å². The molecule has 0 radical (unpaired) electrons. The Kier molecular flexibility index (Phi) is 11.6. The zero-order valence-corrected chi connectivity index (χ0v) is 18.1. The van der Waals surface area contributed by atoms with E-state index in [2.05, 4.69) is 34.7 Å². The van der Waals surface area contributed by atoms with E-state index in [9.17, 15) is 0 Å². The van der Waals surface area contributed by atoms with Crippen LogP contribution >= 0.6 is 35.3 Å². The number of furan rings is 1. The number of hydrogen-bond donors (Lipinski definition) is 2. The maximum Gasteiger partial charge on any atom is 0.191 e. The van der Waals surface area contributed by atoms with E-state index in [-0.39, 0.29) is 24.0 Å². The zero-order chi connectivity index (χ0) is 17.0. The maximum atomic E-state index is 5.37. The molecule has 0 aromatic carbocycles. The topological polar surface area (TPSA) is 58.8 Å². The number of halogens is 1. The first-order valence-corrected chi connectivity index (χ1v) is 9.27. The van der Waals surface area contributed by atoms with Gasteiger partial charge < -0.3 is 19.8 Å². The van der Waals surface area contributed by atoms with Crippen LogP contribution in [0.25, 0.3) is 0 Å². The minimum absolute atomic E-state index is 0. The highest BCUT2D eigenvalue weighted by molar-refractivity contribution is 14.0. The van der Waals surface area contributed by atoms with Crippen molar-refractivity contribution in [1.29, 1.82) is 0 Å². The van der Waals surface area contributed by atoms with Gasteiger partial charge in [-0.25, -0.2) is 4.99 Å². The predicted octanol–water partition coefficient (Wildman–Crippen LogP) is 3.97. The SMILES string of the molecule is CCOCCCNC(=NCc1ccc(C)s1)NCCc1ccco1.I. The van der Waals surface area contributed by atoms with Gasteiger partial charge in [0.25, 0.3) is 0 Å². The number of guanidine groups is 1. The predicted molar refractivity (Wildman–Crippen MR) is 115 cm³/mol. The minimum Gasteiger partial charge on any atom is -0.469 e. The molecule has 5 nitrogen and oxygen atoms in total. The second kappa shape index (κ2) is 13.2. The Bertz CT molecular complexity index is 599. The van der Waals surface area contributed by atoms with Gasteiger partial charge in [0.1, 0.15) is 5.76 Å². The number of thiophene rings is 1. The van der Waals surface area contributed by atoms with Crippen LogP contribution in [0.5, 0.6) is 0 Å². The van der Waals surface area contributed by atoms with Crippen LogP contribution in [0.1, 0.15) is 28.9 Å². The van der Waals surface area contributed by atoms with E-state index in [4.69, 9.17) is 9.15 Å². The first-order chi connectivity index (χ1) is 11.8. The van der Waals surface area contributed by atoms with Gasteiger partial charge in [0.2, 0.25) is 0 Å². The fraction of sp³-hybridized carbons (Fsp3) is 0.500. The second-order valence-corrected chi connectivity index (χ2v) is 6.78. The van der Waals surface area contributed by atoms with Gasteiger partial charge in [-0.3, -0.25) is 0 Å². The van der Waals surface area contributed by atoms with Crippen molar-refractivity contribution >= 4 is 41.3 Å². The fourth-order valence-electron chi connectivity index (χ4n) is 2.19. The van der Waals surface area contributed by atoms with Gasteiger partial charge in [0, 0.05) is 42.5 Å². The molecule has 0 spiro atoms. The van der Waals surface area contributed by atoms with Crippen LogP contribution in [0.3, 0.4) is 0 Å². The summed E-state index contributed by atoms with van der Waals surface area (Å²) in [6.45, 7) is 7.99. The first kappa shape index (κ1) is 22.0. The van der Waals surface area contributed by atoms with E-state index in [0.717, 1.165) is 50.9 Å². The number of ether oxygens (including phenoxy) is 1. The molecule has 25 heavy (non-hydrogen) atoms. The van der Waals surface area contributed by atoms with Crippen molar-refractivity contribution in [1.82, 2.24) is 10.6 Å². The molecule has 0 unspecified atom stereocenters. The zero-order valence-electron chi connectivity index (χ0n) is 14.9. The van der Waals surface area contributed by atoms with Crippen molar-refractivity contribution in [3.63, 3.8) is 0 Å². The summed E-state index contributed by atoms with van der Waals surface area (Å²) >= 11 is 1.79. The minimum atomic E-state index is 0. The summed E-state index contributed by atoms with van der Waals surface area (Å²) in [6.07, 6.45) is 3.50. The summed E-state index contributed by atoms with van der Waals surface area (Å²) in [6, 6.07) is 8.17. The summed E-state index contributed by atoms with van der Waals surface area (Å²) in [7, 11) is 0. The van der Waals surface area contributed by atoms with Crippen molar-refractivity contribution in [3.8, 4) is 0 Å². The molecule has 7 heteroatoms. The molecular weight excluding hydrogens is 449 g/mol. The van der Waals surface area contributed by atoms with Crippen molar-refractivity contribution < 1.29 is 9.15 Å². The van der Waals surface area contributed by atoms with Crippen molar-refractivity contribution in [3.05, 3.63) is 46.0 Å². The van der Waals surface area contributed by atoms with Crippen molar-refractivity contribution in [2.45, 2.75) is 33.2 Å².